The van der Waals surface area contributed by atoms with E-state index in [0.717, 1.165) is 48.0 Å². The maximum atomic E-state index is 6.04. The van der Waals surface area contributed by atoms with Crippen molar-refractivity contribution in [3.63, 3.8) is 0 Å². The molecule has 0 amide bonds. The quantitative estimate of drug-likeness (QED) is 0.822. The number of para-hydroxylation sites is 1. The molecule has 0 aliphatic carbocycles. The van der Waals surface area contributed by atoms with Gasteiger partial charge in [0.25, 0.3) is 0 Å². The van der Waals surface area contributed by atoms with Crippen LogP contribution in [0.5, 0.6) is 0 Å². The summed E-state index contributed by atoms with van der Waals surface area (Å²) in [7, 11) is 0. The van der Waals surface area contributed by atoms with Crippen LogP contribution in [0.1, 0.15) is 17.0 Å². The third-order valence-corrected chi connectivity index (χ3v) is 3.86. The molecule has 1 aromatic carbocycles. The topological polar surface area (TPSA) is 59.1 Å². The fraction of sp³-hybridized carbons (Fsp3) is 0.312. The molecular weight excluding hydrogens is 262 g/mol. The fourth-order valence-corrected chi connectivity index (χ4v) is 2.65. The monoisotopic (exact) mass is 283 g/mol. The predicted molar refractivity (Wildman–Crippen MR) is 84.8 cm³/mol. The highest BCUT2D eigenvalue weighted by molar-refractivity contribution is 5.59. The van der Waals surface area contributed by atoms with E-state index in [9.17, 15) is 0 Å². The van der Waals surface area contributed by atoms with Crippen LogP contribution in [0, 0.1) is 13.8 Å². The number of rotatable bonds is 2. The molecule has 0 spiro atoms. The molecule has 1 fully saturated rings. The van der Waals surface area contributed by atoms with Crippen LogP contribution in [-0.4, -0.2) is 34.4 Å². The Morgan fingerprint density at radius 1 is 1.24 bits per heavy atom. The molecule has 0 radical (unpaired) electrons. The average molecular weight is 283 g/mol. The van der Waals surface area contributed by atoms with Gasteiger partial charge in [-0.2, -0.15) is 5.10 Å². The van der Waals surface area contributed by atoms with Gasteiger partial charge in [-0.05, 0) is 32.1 Å². The summed E-state index contributed by atoms with van der Waals surface area (Å²) in [6.07, 6.45) is 2.14. The highest BCUT2D eigenvalue weighted by atomic mass is 15.4. The lowest BCUT2D eigenvalue weighted by Crippen LogP contribution is -2.45. The number of nitrogens with one attached hydrogen (secondary N) is 1. The van der Waals surface area contributed by atoms with Gasteiger partial charge >= 0.3 is 0 Å². The molecule has 5 nitrogen and oxygen atoms in total. The first kappa shape index (κ1) is 13.9. The van der Waals surface area contributed by atoms with Crippen LogP contribution in [0.4, 0.5) is 0 Å². The first-order chi connectivity index (χ1) is 10.2. The van der Waals surface area contributed by atoms with Crippen molar-refractivity contribution in [1.82, 2.24) is 20.1 Å². The third-order valence-electron chi connectivity index (χ3n) is 3.86. The molecule has 3 rings (SSSR count). The smallest absolute Gasteiger partial charge is 0.0673 e. The number of benzene rings is 1. The number of hydrogen-bond acceptors (Lipinski definition) is 4. The zero-order valence-electron chi connectivity index (χ0n) is 12.5. The van der Waals surface area contributed by atoms with E-state index in [-0.39, 0.29) is 0 Å². The van der Waals surface area contributed by atoms with E-state index in [2.05, 4.69) is 35.5 Å². The van der Waals surface area contributed by atoms with Crippen molar-refractivity contribution in [1.29, 1.82) is 0 Å². The molecule has 3 N–H and O–H groups in total. The summed E-state index contributed by atoms with van der Waals surface area (Å²) >= 11 is 0. The number of aryl methyl sites for hydroxylation is 1. The Bertz CT molecular complexity index is 657. The van der Waals surface area contributed by atoms with Gasteiger partial charge in [0.05, 0.1) is 11.4 Å². The van der Waals surface area contributed by atoms with E-state index in [1.165, 1.54) is 0 Å². The van der Waals surface area contributed by atoms with Gasteiger partial charge in [0.2, 0.25) is 0 Å². The molecule has 2 aromatic rings. The van der Waals surface area contributed by atoms with Gasteiger partial charge < -0.3 is 10.3 Å². The molecule has 1 aliphatic heterocycles. The minimum atomic E-state index is 0.798. The second-order valence-electron chi connectivity index (χ2n) is 5.34. The molecule has 21 heavy (non-hydrogen) atoms. The van der Waals surface area contributed by atoms with Gasteiger partial charge in [0.15, 0.2) is 0 Å². The Labute approximate surface area is 125 Å². The van der Waals surface area contributed by atoms with Crippen LogP contribution in [0.2, 0.25) is 0 Å². The zero-order chi connectivity index (χ0) is 14.8. The predicted octanol–water partition coefficient (Wildman–Crippen LogP) is 1.61. The van der Waals surface area contributed by atoms with E-state index in [0.29, 0.717) is 0 Å². The molecule has 0 bridgehead atoms. The maximum absolute atomic E-state index is 6.04. The molecular formula is C16H21N5. The summed E-state index contributed by atoms with van der Waals surface area (Å²) in [5.74, 6) is 6.04. The lowest BCUT2D eigenvalue weighted by Gasteiger charge is -2.27. The van der Waals surface area contributed by atoms with Crippen LogP contribution < -0.4 is 11.2 Å². The van der Waals surface area contributed by atoms with Gasteiger partial charge in [-0.25, -0.2) is 10.5 Å². The summed E-state index contributed by atoms with van der Waals surface area (Å²) in [6, 6.07) is 10.2. The normalized spacial score (nSPS) is 17.5. The highest BCUT2D eigenvalue weighted by Gasteiger charge is 2.15. The van der Waals surface area contributed by atoms with Gasteiger partial charge in [0.1, 0.15) is 0 Å². The zero-order valence-corrected chi connectivity index (χ0v) is 12.5. The van der Waals surface area contributed by atoms with Gasteiger partial charge in [-0.1, -0.05) is 18.2 Å². The van der Waals surface area contributed by atoms with Crippen LogP contribution in [-0.2, 0) is 0 Å². The number of hydrogen-bond donors (Lipinski definition) is 2. The first-order valence-corrected chi connectivity index (χ1v) is 7.22. The van der Waals surface area contributed by atoms with E-state index in [4.69, 9.17) is 5.84 Å². The second-order valence-corrected chi connectivity index (χ2v) is 5.34. The van der Waals surface area contributed by atoms with E-state index < -0.39 is 0 Å². The molecule has 0 atom stereocenters. The third kappa shape index (κ3) is 2.70. The van der Waals surface area contributed by atoms with Crippen LogP contribution in [0.15, 0.2) is 36.0 Å². The minimum Gasteiger partial charge on any atom is -0.313 e. The summed E-state index contributed by atoms with van der Waals surface area (Å²) < 4.78 is 1.98. The van der Waals surface area contributed by atoms with E-state index in [1.54, 1.807) is 0 Å². The number of aromatic nitrogens is 2. The number of nitrogens with zero attached hydrogens (tertiary/aromatic N) is 3. The lowest BCUT2D eigenvalue weighted by atomic mass is 10.1. The van der Waals surface area contributed by atoms with Crippen LogP contribution in [0.25, 0.3) is 11.8 Å². The Morgan fingerprint density at radius 2 is 2.00 bits per heavy atom. The summed E-state index contributed by atoms with van der Waals surface area (Å²) in [5.41, 5.74) is 5.47. The Balaban J connectivity index is 2.01. The van der Waals surface area contributed by atoms with Crippen molar-refractivity contribution < 1.29 is 0 Å². The Hall–Kier alpha value is -2.11. The summed E-state index contributed by atoms with van der Waals surface area (Å²) in [5, 5.41) is 9.82. The molecule has 5 heteroatoms. The van der Waals surface area contributed by atoms with E-state index in [1.807, 2.05) is 34.8 Å². The summed E-state index contributed by atoms with van der Waals surface area (Å²) in [6.45, 7) is 6.68. The van der Waals surface area contributed by atoms with Gasteiger partial charge in [-0.15, -0.1) is 0 Å². The van der Waals surface area contributed by atoms with Crippen LogP contribution >= 0.6 is 0 Å². The van der Waals surface area contributed by atoms with Crippen molar-refractivity contribution in [2.45, 2.75) is 13.8 Å². The van der Waals surface area contributed by atoms with Gasteiger partial charge in [0, 0.05) is 36.6 Å². The van der Waals surface area contributed by atoms with Crippen molar-refractivity contribution in [3.8, 4) is 5.69 Å². The standard InChI is InChI=1S/C16H21N5/c1-12-16(10-15-11-18-8-9-20(15)17)13(2)21(19-12)14-6-4-3-5-7-14/h3-7,10,18H,8-9,11,17H2,1-2H3. The average Bonchev–Trinajstić information content (AvgIpc) is 2.78. The molecule has 1 aromatic heterocycles. The molecule has 2 heterocycles. The fourth-order valence-electron chi connectivity index (χ4n) is 2.65. The van der Waals surface area contributed by atoms with Crippen molar-refractivity contribution in [2.75, 3.05) is 19.6 Å². The Morgan fingerprint density at radius 3 is 2.71 bits per heavy atom. The SMILES string of the molecule is Cc1nn(-c2ccccc2)c(C)c1C=C1CNCCN1N. The first-order valence-electron chi connectivity index (χ1n) is 7.22. The molecule has 1 saturated heterocycles. The van der Waals surface area contributed by atoms with Crippen LogP contribution in [0.3, 0.4) is 0 Å². The van der Waals surface area contributed by atoms with Gasteiger partial charge in [-0.3, -0.25) is 0 Å². The number of nitrogens with two attached hydrogens (primary N) is 1. The number of hydrazine groups is 1. The van der Waals surface area contributed by atoms with Crippen molar-refractivity contribution >= 4 is 6.08 Å². The largest absolute Gasteiger partial charge is 0.313 e. The molecule has 110 valence electrons. The lowest BCUT2D eigenvalue weighted by molar-refractivity contribution is 0.315. The van der Waals surface area contributed by atoms with E-state index >= 15 is 0 Å². The minimum absolute atomic E-state index is 0.798. The summed E-state index contributed by atoms with van der Waals surface area (Å²) in [4.78, 5) is 0. The number of piperazine rings is 1. The molecule has 0 unspecified atom stereocenters. The molecule has 1 aliphatic rings. The highest BCUT2D eigenvalue weighted by Crippen LogP contribution is 2.21. The second kappa shape index (κ2) is 5.71. The van der Waals surface area contributed by atoms with Crippen molar-refractivity contribution in [3.05, 3.63) is 53.0 Å². The molecule has 0 saturated carbocycles. The van der Waals surface area contributed by atoms with Crippen molar-refractivity contribution in [2.24, 2.45) is 5.84 Å². The Kier molecular flexibility index (Phi) is 3.77. The maximum Gasteiger partial charge on any atom is 0.0673 e.